The van der Waals surface area contributed by atoms with Gasteiger partial charge in [0, 0.05) is 126 Å². The molecule has 2 unspecified atom stereocenters. The fraction of sp³-hybridized carbons (Fsp3) is 0.241. The van der Waals surface area contributed by atoms with E-state index < -0.39 is 0 Å². The second-order valence-corrected chi connectivity index (χ2v) is 19.6. The van der Waals surface area contributed by atoms with Crippen molar-refractivity contribution in [3.63, 3.8) is 0 Å². The van der Waals surface area contributed by atoms with Crippen molar-refractivity contribution in [2.24, 2.45) is 5.92 Å². The number of morpholine rings is 1. The highest BCUT2D eigenvalue weighted by Gasteiger charge is 2.35. The molecule has 0 bridgehead atoms. The number of hydrogen-bond donors (Lipinski definition) is 6. The molecule has 0 radical (unpaired) electrons. The fourth-order valence-electron chi connectivity index (χ4n) is 10.6. The van der Waals surface area contributed by atoms with Crippen LogP contribution in [0.4, 0.5) is 23.0 Å². The predicted molar refractivity (Wildman–Crippen MR) is 294 cm³/mol. The molecule has 76 heavy (non-hydrogen) atoms. The van der Waals surface area contributed by atoms with Gasteiger partial charge in [-0.3, -0.25) is 24.7 Å². The van der Waals surface area contributed by atoms with E-state index in [2.05, 4.69) is 55.9 Å². The summed E-state index contributed by atoms with van der Waals surface area (Å²) in [6, 6.07) is 34.0. The largest absolute Gasteiger partial charge is 0.379 e. The molecule has 0 aliphatic carbocycles. The second kappa shape index (κ2) is 21.1. The molecule has 382 valence electrons. The van der Waals surface area contributed by atoms with E-state index in [0.29, 0.717) is 74.1 Å². The number of amides is 2. The summed E-state index contributed by atoms with van der Waals surface area (Å²) in [5.41, 5.74) is 11.3. The van der Waals surface area contributed by atoms with Gasteiger partial charge < -0.3 is 35.1 Å². The van der Waals surface area contributed by atoms with Crippen molar-refractivity contribution in [1.29, 1.82) is 0 Å². The Hall–Kier alpha value is -9.00. The van der Waals surface area contributed by atoms with Crippen molar-refractivity contribution < 1.29 is 14.3 Å². The van der Waals surface area contributed by atoms with Crippen molar-refractivity contribution in [3.05, 3.63) is 157 Å². The minimum Gasteiger partial charge on any atom is -0.379 e. The third-order valence-corrected chi connectivity index (χ3v) is 14.8. The molecule has 0 saturated carbocycles. The Morgan fingerprint density at radius 3 is 1.91 bits per heavy atom. The molecular formula is C58H57N15O3. The van der Waals surface area contributed by atoms with Crippen LogP contribution in [0.3, 0.4) is 0 Å². The molecule has 2 amide bonds. The number of carbonyl (C=O) groups excluding carboxylic acids is 2. The summed E-state index contributed by atoms with van der Waals surface area (Å²) in [4.78, 5) is 61.2. The SMILES string of the molecule is CCN(CCC1CC(N2CCOCC2)CN(C(=O)c2cc3ccc(-c4nccc(Nc5ccc(-c6cn[nH]c6)cc5)n4)cc3[nH]2)C1)C(=O)c1[nH]c2cc(-c3nccc(Nc4ccc(-c5cn[nH]c5)cc4)n3)ccc2c1C. The average Bonchev–Trinajstić information content (AvgIpc) is 4.34. The van der Waals surface area contributed by atoms with Crippen molar-refractivity contribution in [2.75, 3.05) is 63.1 Å². The maximum atomic E-state index is 14.6. The first-order chi connectivity index (χ1) is 37.3. The lowest BCUT2D eigenvalue weighted by Crippen LogP contribution is -2.55. The van der Waals surface area contributed by atoms with Gasteiger partial charge in [0.15, 0.2) is 11.6 Å². The Balaban J connectivity index is 0.716. The summed E-state index contributed by atoms with van der Waals surface area (Å²) in [6.45, 7) is 9.33. The number of rotatable bonds is 15. The van der Waals surface area contributed by atoms with E-state index in [9.17, 15) is 9.59 Å². The molecule has 2 saturated heterocycles. The van der Waals surface area contributed by atoms with Crippen LogP contribution in [0.5, 0.6) is 0 Å². The predicted octanol–water partition coefficient (Wildman–Crippen LogP) is 9.85. The highest BCUT2D eigenvalue weighted by Crippen LogP contribution is 2.32. The van der Waals surface area contributed by atoms with Gasteiger partial charge in [-0.15, -0.1) is 0 Å². The third kappa shape index (κ3) is 10.1. The van der Waals surface area contributed by atoms with E-state index in [1.807, 2.05) is 139 Å². The van der Waals surface area contributed by atoms with Crippen LogP contribution < -0.4 is 10.6 Å². The number of nitrogens with zero attached hydrogens (tertiary/aromatic N) is 9. The number of fused-ring (bicyclic) bond motifs is 2. The van der Waals surface area contributed by atoms with Crippen molar-refractivity contribution >= 4 is 56.6 Å². The van der Waals surface area contributed by atoms with Gasteiger partial charge in [0.25, 0.3) is 11.8 Å². The minimum absolute atomic E-state index is 0.0385. The standard InChI is InChI=1S/C58H57N15O3/c1-3-71(58(75)54-36(2)48-15-10-42(29-50(48)68-54)56-60-20-17-53(70-56)66-46-13-8-39(9-14-46)44-32-63-64-33-44)21-18-37-26-47(72-22-24-76-25-23-72)35-73(34-37)57(74)51-27-40-4-5-41(28-49(40)67-51)55-59-19-16-52(69-55)65-45-11-6-38(7-12-45)43-30-61-62-31-43/h4-17,19-20,27-33,37,47,67-68H,3,18,21-26,34-35H2,1-2H3,(H,61,62)(H,63,64)(H,59,65,69)(H,60,66,70). The van der Waals surface area contributed by atoms with Gasteiger partial charge in [0.2, 0.25) is 0 Å². The van der Waals surface area contributed by atoms with Gasteiger partial charge >= 0.3 is 0 Å². The number of hydrogen-bond acceptors (Lipinski definition) is 12. The van der Waals surface area contributed by atoms with Gasteiger partial charge in [-0.05, 0) is 104 Å². The van der Waals surface area contributed by atoms with Crippen LogP contribution in [0.15, 0.2) is 140 Å². The molecule has 10 aromatic rings. The number of piperidine rings is 1. The number of aromatic amines is 4. The molecule has 18 nitrogen and oxygen atoms in total. The lowest BCUT2D eigenvalue weighted by molar-refractivity contribution is -0.0113. The van der Waals surface area contributed by atoms with Crippen LogP contribution in [0, 0.1) is 12.8 Å². The van der Waals surface area contributed by atoms with Crippen LogP contribution in [-0.2, 0) is 4.74 Å². The number of aryl methyl sites for hydroxylation is 1. The zero-order valence-electron chi connectivity index (χ0n) is 42.3. The monoisotopic (exact) mass is 1010 g/mol. The molecule has 2 aliphatic rings. The molecule has 12 rings (SSSR count). The molecule has 2 atom stereocenters. The van der Waals surface area contributed by atoms with E-state index in [1.165, 1.54) is 0 Å². The lowest BCUT2D eigenvalue weighted by Gasteiger charge is -2.44. The summed E-state index contributed by atoms with van der Waals surface area (Å²) in [5, 5.41) is 22.5. The number of carbonyl (C=O) groups is 2. The smallest absolute Gasteiger partial charge is 0.270 e. The average molecular weight is 1010 g/mol. The minimum atomic E-state index is -0.0464. The molecule has 6 N–H and O–H groups in total. The first-order valence-corrected chi connectivity index (χ1v) is 25.8. The van der Waals surface area contributed by atoms with Crippen LogP contribution in [0.1, 0.15) is 46.3 Å². The number of anilines is 4. The zero-order chi connectivity index (χ0) is 51.5. The Kier molecular flexibility index (Phi) is 13.3. The molecule has 2 fully saturated rings. The normalized spacial score (nSPS) is 16.1. The topological polar surface area (TPSA) is 218 Å². The van der Waals surface area contributed by atoms with E-state index in [4.69, 9.17) is 14.7 Å². The molecule has 6 aromatic heterocycles. The van der Waals surface area contributed by atoms with Gasteiger partial charge in [-0.1, -0.05) is 48.5 Å². The van der Waals surface area contributed by atoms with Crippen LogP contribution >= 0.6 is 0 Å². The van der Waals surface area contributed by atoms with E-state index in [0.717, 1.165) is 98.1 Å². The van der Waals surface area contributed by atoms with Gasteiger partial charge in [0.1, 0.15) is 23.0 Å². The van der Waals surface area contributed by atoms with Gasteiger partial charge in [0.05, 0.1) is 25.6 Å². The summed E-state index contributed by atoms with van der Waals surface area (Å²) in [5.74, 6) is 2.56. The van der Waals surface area contributed by atoms with E-state index in [-0.39, 0.29) is 23.8 Å². The van der Waals surface area contributed by atoms with Crippen molar-refractivity contribution in [3.8, 4) is 45.0 Å². The Bertz CT molecular complexity index is 3640. The zero-order valence-corrected chi connectivity index (χ0v) is 42.3. The van der Waals surface area contributed by atoms with E-state index in [1.54, 1.807) is 24.8 Å². The number of aromatic nitrogens is 10. The number of benzene rings is 4. The molecule has 0 spiro atoms. The summed E-state index contributed by atoms with van der Waals surface area (Å²) < 4.78 is 5.74. The molecule has 8 heterocycles. The van der Waals surface area contributed by atoms with Crippen LogP contribution in [0.2, 0.25) is 0 Å². The Labute approximate surface area is 438 Å². The first kappa shape index (κ1) is 48.0. The quantitative estimate of drug-likeness (QED) is 0.0566. The summed E-state index contributed by atoms with van der Waals surface area (Å²) in [6.07, 6.45) is 12.5. The molecule has 4 aromatic carbocycles. The number of ether oxygens (including phenoxy) is 1. The van der Waals surface area contributed by atoms with Crippen LogP contribution in [-0.4, -0.2) is 135 Å². The van der Waals surface area contributed by atoms with Gasteiger partial charge in [-0.2, -0.15) is 10.2 Å². The second-order valence-electron chi connectivity index (χ2n) is 19.6. The Morgan fingerprint density at radius 1 is 0.697 bits per heavy atom. The summed E-state index contributed by atoms with van der Waals surface area (Å²) in [7, 11) is 0. The molecule has 18 heteroatoms. The number of likely N-dealkylation sites (tertiary alicyclic amines) is 1. The molecular weight excluding hydrogens is 955 g/mol. The number of H-pyrrole nitrogens is 4. The molecule has 2 aliphatic heterocycles. The van der Waals surface area contributed by atoms with Crippen molar-refractivity contribution in [1.82, 2.24) is 65.0 Å². The highest BCUT2D eigenvalue weighted by atomic mass is 16.5. The van der Waals surface area contributed by atoms with Gasteiger partial charge in [-0.25, -0.2) is 19.9 Å². The van der Waals surface area contributed by atoms with Crippen molar-refractivity contribution in [2.45, 2.75) is 32.7 Å². The fourth-order valence-corrected chi connectivity index (χ4v) is 10.6. The maximum absolute atomic E-state index is 14.6. The maximum Gasteiger partial charge on any atom is 0.270 e. The first-order valence-electron chi connectivity index (χ1n) is 25.8. The highest BCUT2D eigenvalue weighted by molar-refractivity contribution is 6.02. The van der Waals surface area contributed by atoms with E-state index >= 15 is 0 Å². The lowest BCUT2D eigenvalue weighted by atomic mass is 9.89. The Morgan fingerprint density at radius 2 is 1.30 bits per heavy atom. The van der Waals surface area contributed by atoms with Crippen LogP contribution in [0.25, 0.3) is 66.8 Å². The summed E-state index contributed by atoms with van der Waals surface area (Å²) >= 11 is 0. The number of nitrogens with one attached hydrogen (secondary N) is 6. The third-order valence-electron chi connectivity index (χ3n) is 14.8.